The highest BCUT2D eigenvalue weighted by atomic mass is 19.1. The molecule has 15 heavy (non-hydrogen) atoms. The molecule has 5 heteroatoms. The second-order valence-electron chi connectivity index (χ2n) is 3.23. The topological polar surface area (TPSA) is 78.3 Å². The summed E-state index contributed by atoms with van der Waals surface area (Å²) in [6.45, 7) is 1.45. The number of nitrogens with two attached hydrogens (primary N) is 2. The van der Waals surface area contributed by atoms with Gasteiger partial charge in [-0.2, -0.15) is 0 Å². The zero-order chi connectivity index (χ0) is 11.4. The summed E-state index contributed by atoms with van der Waals surface area (Å²) < 4.78 is 17.9. The first kappa shape index (κ1) is 11.5. The third-order valence-corrected chi connectivity index (χ3v) is 1.84. The van der Waals surface area contributed by atoms with Gasteiger partial charge in [0.15, 0.2) is 6.61 Å². The van der Waals surface area contributed by atoms with E-state index in [0.717, 1.165) is 0 Å². The van der Waals surface area contributed by atoms with E-state index < -0.39 is 11.7 Å². The molecule has 0 bridgehead atoms. The number of carbonyl (C=O) groups excluding carboxylic acids is 1. The van der Waals surface area contributed by atoms with Crippen molar-refractivity contribution in [3.05, 3.63) is 29.6 Å². The van der Waals surface area contributed by atoms with Crippen molar-refractivity contribution in [2.45, 2.75) is 13.0 Å². The van der Waals surface area contributed by atoms with Gasteiger partial charge in [-0.25, -0.2) is 4.39 Å². The number of hydrogen-bond donors (Lipinski definition) is 2. The Labute approximate surface area is 87.0 Å². The van der Waals surface area contributed by atoms with Crippen LogP contribution in [0.25, 0.3) is 0 Å². The molecule has 0 aliphatic carbocycles. The summed E-state index contributed by atoms with van der Waals surface area (Å²) in [6.07, 6.45) is 0. The minimum absolute atomic E-state index is 0.254. The van der Waals surface area contributed by atoms with E-state index in [2.05, 4.69) is 0 Å². The molecule has 1 atom stereocenters. The van der Waals surface area contributed by atoms with Gasteiger partial charge < -0.3 is 16.2 Å². The summed E-state index contributed by atoms with van der Waals surface area (Å²) in [5, 5.41) is 0. The monoisotopic (exact) mass is 212 g/mol. The van der Waals surface area contributed by atoms with Crippen LogP contribution in [-0.2, 0) is 4.79 Å². The largest absolute Gasteiger partial charge is 0.483 e. The smallest absolute Gasteiger partial charge is 0.255 e. The molecule has 1 aromatic carbocycles. The lowest BCUT2D eigenvalue weighted by Crippen LogP contribution is -2.21. The number of carbonyl (C=O) groups is 1. The second kappa shape index (κ2) is 4.75. The fourth-order valence-electron chi connectivity index (χ4n) is 1.16. The summed E-state index contributed by atoms with van der Waals surface area (Å²) >= 11 is 0. The van der Waals surface area contributed by atoms with Crippen LogP contribution in [0.5, 0.6) is 5.75 Å². The number of halogens is 1. The van der Waals surface area contributed by atoms with E-state index in [9.17, 15) is 9.18 Å². The highest BCUT2D eigenvalue weighted by molar-refractivity contribution is 5.75. The van der Waals surface area contributed by atoms with Gasteiger partial charge in [0.2, 0.25) is 0 Å². The molecule has 0 aliphatic rings. The number of hydrogen-bond acceptors (Lipinski definition) is 3. The third kappa shape index (κ3) is 3.21. The minimum Gasteiger partial charge on any atom is -0.483 e. The summed E-state index contributed by atoms with van der Waals surface area (Å²) in [5.41, 5.74) is 11.2. The summed E-state index contributed by atoms with van der Waals surface area (Å²) in [5.74, 6) is -0.808. The Morgan fingerprint density at radius 2 is 2.27 bits per heavy atom. The van der Waals surface area contributed by atoms with E-state index >= 15 is 0 Å². The minimum atomic E-state index is -0.616. The average molecular weight is 212 g/mol. The number of benzene rings is 1. The van der Waals surface area contributed by atoms with Crippen molar-refractivity contribution in [1.82, 2.24) is 0 Å². The van der Waals surface area contributed by atoms with Crippen LogP contribution < -0.4 is 16.2 Å². The van der Waals surface area contributed by atoms with Crippen LogP contribution in [0.4, 0.5) is 4.39 Å². The first-order valence-electron chi connectivity index (χ1n) is 4.47. The molecule has 0 fully saturated rings. The van der Waals surface area contributed by atoms with Gasteiger partial charge in [-0.15, -0.1) is 0 Å². The van der Waals surface area contributed by atoms with Gasteiger partial charge in [0.25, 0.3) is 5.91 Å². The molecule has 1 rings (SSSR count). The van der Waals surface area contributed by atoms with Crippen LogP contribution in [0.2, 0.25) is 0 Å². The molecule has 0 radical (unpaired) electrons. The highest BCUT2D eigenvalue weighted by Crippen LogP contribution is 2.24. The SMILES string of the molecule is CC(N)c1ccc(F)cc1OCC(N)=O. The van der Waals surface area contributed by atoms with Crippen molar-refractivity contribution in [3.63, 3.8) is 0 Å². The molecular formula is C10H13FN2O2. The van der Waals surface area contributed by atoms with E-state index in [-0.39, 0.29) is 18.4 Å². The van der Waals surface area contributed by atoms with Crippen molar-refractivity contribution in [2.24, 2.45) is 11.5 Å². The van der Waals surface area contributed by atoms with E-state index in [4.69, 9.17) is 16.2 Å². The molecule has 0 spiro atoms. The molecule has 0 saturated heterocycles. The third-order valence-electron chi connectivity index (χ3n) is 1.84. The average Bonchev–Trinajstić information content (AvgIpc) is 2.14. The standard InChI is InChI=1S/C10H13FN2O2/c1-6(12)8-3-2-7(11)4-9(8)15-5-10(13)14/h2-4,6H,5,12H2,1H3,(H2,13,14). The van der Waals surface area contributed by atoms with Gasteiger partial charge in [-0.05, 0) is 13.0 Å². The lowest BCUT2D eigenvalue weighted by Gasteiger charge is -2.12. The van der Waals surface area contributed by atoms with Gasteiger partial charge in [0, 0.05) is 17.7 Å². The van der Waals surface area contributed by atoms with E-state index in [1.807, 2.05) is 0 Å². The molecule has 0 heterocycles. The zero-order valence-electron chi connectivity index (χ0n) is 8.37. The van der Waals surface area contributed by atoms with Crippen LogP contribution in [0.15, 0.2) is 18.2 Å². The van der Waals surface area contributed by atoms with Gasteiger partial charge in [0.05, 0.1) is 0 Å². The molecule has 0 aromatic heterocycles. The Kier molecular flexibility index (Phi) is 3.62. The van der Waals surface area contributed by atoms with Gasteiger partial charge in [-0.3, -0.25) is 4.79 Å². The predicted octanol–water partition coefficient (Wildman–Crippen LogP) is 0.710. The maximum Gasteiger partial charge on any atom is 0.255 e. The normalized spacial score (nSPS) is 12.2. The second-order valence-corrected chi connectivity index (χ2v) is 3.23. The van der Waals surface area contributed by atoms with Crippen molar-refractivity contribution in [3.8, 4) is 5.75 Å². The molecule has 1 unspecified atom stereocenters. The lowest BCUT2D eigenvalue weighted by atomic mass is 10.1. The number of ether oxygens (including phenoxy) is 1. The van der Waals surface area contributed by atoms with Crippen LogP contribution in [0.1, 0.15) is 18.5 Å². The van der Waals surface area contributed by atoms with Crippen LogP contribution in [0.3, 0.4) is 0 Å². The Hall–Kier alpha value is -1.62. The first-order valence-corrected chi connectivity index (χ1v) is 4.47. The Bertz CT molecular complexity index is 366. The van der Waals surface area contributed by atoms with Crippen LogP contribution >= 0.6 is 0 Å². The maximum absolute atomic E-state index is 12.9. The first-order chi connectivity index (χ1) is 7.00. The number of rotatable bonds is 4. The van der Waals surface area contributed by atoms with E-state index in [0.29, 0.717) is 5.56 Å². The van der Waals surface area contributed by atoms with Gasteiger partial charge in [-0.1, -0.05) is 6.07 Å². The zero-order valence-corrected chi connectivity index (χ0v) is 8.37. The fourth-order valence-corrected chi connectivity index (χ4v) is 1.16. The van der Waals surface area contributed by atoms with Crippen molar-refractivity contribution < 1.29 is 13.9 Å². The van der Waals surface area contributed by atoms with Crippen LogP contribution in [-0.4, -0.2) is 12.5 Å². The summed E-state index contributed by atoms with van der Waals surface area (Å²) in [7, 11) is 0. The van der Waals surface area contributed by atoms with Gasteiger partial charge >= 0.3 is 0 Å². The summed E-state index contributed by atoms with van der Waals surface area (Å²) in [4.78, 5) is 10.5. The highest BCUT2D eigenvalue weighted by Gasteiger charge is 2.10. The fraction of sp³-hybridized carbons (Fsp3) is 0.300. The number of amides is 1. The summed E-state index contributed by atoms with van der Waals surface area (Å²) in [6, 6.07) is 3.70. The molecule has 1 amide bonds. The molecule has 4 nitrogen and oxygen atoms in total. The molecule has 4 N–H and O–H groups in total. The Morgan fingerprint density at radius 3 is 2.80 bits per heavy atom. The van der Waals surface area contributed by atoms with Gasteiger partial charge in [0.1, 0.15) is 11.6 Å². The van der Waals surface area contributed by atoms with E-state index in [1.165, 1.54) is 18.2 Å². The Balaban J connectivity index is 2.91. The molecule has 0 aliphatic heterocycles. The van der Waals surface area contributed by atoms with Crippen molar-refractivity contribution >= 4 is 5.91 Å². The predicted molar refractivity (Wildman–Crippen MR) is 53.7 cm³/mol. The number of primary amides is 1. The van der Waals surface area contributed by atoms with Crippen molar-refractivity contribution in [1.29, 1.82) is 0 Å². The van der Waals surface area contributed by atoms with E-state index in [1.54, 1.807) is 6.92 Å². The quantitative estimate of drug-likeness (QED) is 0.771. The molecule has 82 valence electrons. The maximum atomic E-state index is 12.9. The van der Waals surface area contributed by atoms with Crippen molar-refractivity contribution in [2.75, 3.05) is 6.61 Å². The molecule has 0 saturated carbocycles. The Morgan fingerprint density at radius 1 is 1.60 bits per heavy atom. The molecule has 1 aromatic rings. The van der Waals surface area contributed by atoms with Crippen LogP contribution in [0, 0.1) is 5.82 Å². The molecular weight excluding hydrogens is 199 g/mol. The lowest BCUT2D eigenvalue weighted by molar-refractivity contribution is -0.119.